The van der Waals surface area contributed by atoms with Crippen molar-refractivity contribution in [3.05, 3.63) is 84.6 Å². The van der Waals surface area contributed by atoms with E-state index >= 15 is 0 Å². The molecule has 1 aliphatic rings. The number of aromatic nitrogens is 2. The van der Waals surface area contributed by atoms with E-state index in [4.69, 9.17) is 5.10 Å². The van der Waals surface area contributed by atoms with Crippen molar-refractivity contribution in [2.75, 3.05) is 13.1 Å². The Morgan fingerprint density at radius 2 is 1.54 bits per heavy atom. The summed E-state index contributed by atoms with van der Waals surface area (Å²) in [5, 5.41) is 4.73. The Morgan fingerprint density at radius 3 is 2.19 bits per heavy atom. The van der Waals surface area contributed by atoms with Crippen LogP contribution in [0.4, 0.5) is 0 Å². The van der Waals surface area contributed by atoms with Crippen LogP contribution in [0.25, 0.3) is 16.9 Å². The van der Waals surface area contributed by atoms with Crippen molar-refractivity contribution in [1.29, 1.82) is 0 Å². The van der Waals surface area contributed by atoms with Gasteiger partial charge >= 0.3 is 0 Å². The minimum absolute atomic E-state index is 0.0403. The second kappa shape index (κ2) is 7.00. The van der Waals surface area contributed by atoms with Gasteiger partial charge in [0.15, 0.2) is 0 Å². The van der Waals surface area contributed by atoms with Gasteiger partial charge in [0.25, 0.3) is 5.91 Å². The van der Waals surface area contributed by atoms with Gasteiger partial charge in [0.2, 0.25) is 0 Å². The molecule has 0 bridgehead atoms. The summed E-state index contributed by atoms with van der Waals surface area (Å²) in [7, 11) is 0. The first-order chi connectivity index (χ1) is 12.7. The molecule has 2 aromatic carbocycles. The first-order valence-corrected chi connectivity index (χ1v) is 8.89. The molecular weight excluding hydrogens is 322 g/mol. The van der Waals surface area contributed by atoms with Crippen LogP contribution in [-0.4, -0.2) is 33.7 Å². The largest absolute Gasteiger partial charge is 0.338 e. The molecule has 1 amide bonds. The van der Waals surface area contributed by atoms with E-state index in [9.17, 15) is 4.79 Å². The number of carbonyl (C=O) groups excluding carboxylic acids is 1. The van der Waals surface area contributed by atoms with E-state index in [0.717, 1.165) is 42.9 Å². The summed E-state index contributed by atoms with van der Waals surface area (Å²) in [6, 6.07) is 19.8. The Morgan fingerprint density at radius 1 is 0.923 bits per heavy atom. The van der Waals surface area contributed by atoms with E-state index in [2.05, 4.69) is 6.58 Å². The Bertz CT molecular complexity index is 919. The molecule has 0 saturated carbocycles. The highest BCUT2D eigenvalue weighted by Crippen LogP contribution is 2.26. The van der Waals surface area contributed by atoms with Crippen molar-refractivity contribution < 1.29 is 4.79 Å². The van der Waals surface area contributed by atoms with Crippen molar-refractivity contribution >= 4 is 5.91 Å². The van der Waals surface area contributed by atoms with Crippen LogP contribution in [0.2, 0.25) is 0 Å². The van der Waals surface area contributed by atoms with E-state index < -0.39 is 0 Å². The number of amides is 1. The number of rotatable bonds is 3. The highest BCUT2D eigenvalue weighted by molar-refractivity contribution is 6.00. The van der Waals surface area contributed by atoms with Gasteiger partial charge < -0.3 is 4.90 Å². The lowest BCUT2D eigenvalue weighted by molar-refractivity contribution is 0.0744. The summed E-state index contributed by atoms with van der Waals surface area (Å²) < 4.78 is 1.79. The summed E-state index contributed by atoms with van der Waals surface area (Å²) in [5.41, 5.74) is 4.48. The fraction of sp³-hybridized carbons (Fsp3) is 0.182. The van der Waals surface area contributed by atoms with Crippen LogP contribution in [0.3, 0.4) is 0 Å². The standard InChI is InChI=1S/C22H21N3O/c1-17-12-14-24(15-13-17)22(26)20-16-25(19-10-6-3-7-11-19)23-21(20)18-8-4-2-5-9-18/h2-11,16H,1,12-15H2. The average Bonchev–Trinajstić information content (AvgIpc) is 3.15. The quantitative estimate of drug-likeness (QED) is 0.664. The lowest BCUT2D eigenvalue weighted by Crippen LogP contribution is -2.36. The van der Waals surface area contributed by atoms with Crippen molar-refractivity contribution in [2.24, 2.45) is 0 Å². The molecule has 0 aliphatic carbocycles. The summed E-state index contributed by atoms with van der Waals surface area (Å²) >= 11 is 0. The van der Waals surface area contributed by atoms with Crippen molar-refractivity contribution in [2.45, 2.75) is 12.8 Å². The zero-order chi connectivity index (χ0) is 17.9. The van der Waals surface area contributed by atoms with Gasteiger partial charge in [-0.25, -0.2) is 4.68 Å². The van der Waals surface area contributed by atoms with Crippen LogP contribution in [-0.2, 0) is 0 Å². The fourth-order valence-electron chi connectivity index (χ4n) is 3.25. The van der Waals surface area contributed by atoms with E-state index in [0.29, 0.717) is 5.56 Å². The molecule has 0 spiro atoms. The van der Waals surface area contributed by atoms with Gasteiger partial charge in [0, 0.05) is 24.8 Å². The molecule has 1 fully saturated rings. The normalized spacial score (nSPS) is 14.5. The molecule has 1 saturated heterocycles. The van der Waals surface area contributed by atoms with Crippen LogP contribution < -0.4 is 0 Å². The highest BCUT2D eigenvalue weighted by Gasteiger charge is 2.25. The predicted molar refractivity (Wildman–Crippen MR) is 103 cm³/mol. The van der Waals surface area contributed by atoms with Crippen LogP contribution in [0.15, 0.2) is 79.0 Å². The number of nitrogens with zero attached hydrogens (tertiary/aromatic N) is 3. The van der Waals surface area contributed by atoms with E-state index in [1.165, 1.54) is 5.57 Å². The van der Waals surface area contributed by atoms with Gasteiger partial charge in [-0.2, -0.15) is 5.10 Å². The lowest BCUT2D eigenvalue weighted by atomic mass is 10.0. The minimum atomic E-state index is 0.0403. The van der Waals surface area contributed by atoms with Crippen LogP contribution in [0, 0.1) is 0 Å². The predicted octanol–water partition coefficient (Wildman–Crippen LogP) is 4.33. The molecule has 1 aromatic heterocycles. The Hall–Kier alpha value is -3.14. The number of likely N-dealkylation sites (tertiary alicyclic amines) is 1. The van der Waals surface area contributed by atoms with Crippen molar-refractivity contribution in [1.82, 2.24) is 14.7 Å². The maximum absolute atomic E-state index is 13.2. The van der Waals surface area contributed by atoms with Crippen molar-refractivity contribution in [3.63, 3.8) is 0 Å². The van der Waals surface area contributed by atoms with E-state index in [1.807, 2.05) is 71.8 Å². The number of para-hydroxylation sites is 1. The molecule has 0 N–H and O–H groups in total. The number of benzene rings is 2. The van der Waals surface area contributed by atoms with Crippen LogP contribution in [0.5, 0.6) is 0 Å². The van der Waals surface area contributed by atoms with E-state index in [1.54, 1.807) is 4.68 Å². The molecular formula is C22H21N3O. The highest BCUT2D eigenvalue weighted by atomic mass is 16.2. The monoisotopic (exact) mass is 343 g/mol. The Kier molecular flexibility index (Phi) is 4.40. The maximum atomic E-state index is 13.2. The summed E-state index contributed by atoms with van der Waals surface area (Å²) in [6.45, 7) is 5.48. The van der Waals surface area contributed by atoms with Gasteiger partial charge in [-0.05, 0) is 25.0 Å². The fourth-order valence-corrected chi connectivity index (χ4v) is 3.25. The second-order valence-electron chi connectivity index (χ2n) is 6.58. The molecule has 4 rings (SSSR count). The third kappa shape index (κ3) is 3.18. The van der Waals surface area contributed by atoms with Crippen LogP contribution in [0.1, 0.15) is 23.2 Å². The summed E-state index contributed by atoms with van der Waals surface area (Å²) in [5.74, 6) is 0.0403. The lowest BCUT2D eigenvalue weighted by Gasteiger charge is -2.27. The van der Waals surface area contributed by atoms with E-state index in [-0.39, 0.29) is 5.91 Å². The first kappa shape index (κ1) is 16.3. The molecule has 2 heterocycles. The van der Waals surface area contributed by atoms with Gasteiger partial charge in [0.1, 0.15) is 5.69 Å². The number of hydrogen-bond donors (Lipinski definition) is 0. The average molecular weight is 343 g/mol. The molecule has 26 heavy (non-hydrogen) atoms. The minimum Gasteiger partial charge on any atom is -0.338 e. The van der Waals surface area contributed by atoms with Gasteiger partial charge in [-0.3, -0.25) is 4.79 Å². The summed E-state index contributed by atoms with van der Waals surface area (Å²) in [4.78, 5) is 15.1. The molecule has 1 aliphatic heterocycles. The first-order valence-electron chi connectivity index (χ1n) is 8.89. The second-order valence-corrected chi connectivity index (χ2v) is 6.58. The van der Waals surface area contributed by atoms with Crippen LogP contribution >= 0.6 is 0 Å². The Labute approximate surface area is 153 Å². The third-order valence-corrected chi connectivity index (χ3v) is 4.77. The van der Waals surface area contributed by atoms with Crippen molar-refractivity contribution in [3.8, 4) is 16.9 Å². The SMILES string of the molecule is C=C1CCN(C(=O)c2cn(-c3ccccc3)nc2-c2ccccc2)CC1. The van der Waals surface area contributed by atoms with Gasteiger partial charge in [0.05, 0.1) is 11.3 Å². The zero-order valence-corrected chi connectivity index (χ0v) is 14.6. The Balaban J connectivity index is 1.76. The third-order valence-electron chi connectivity index (χ3n) is 4.77. The van der Waals surface area contributed by atoms with Gasteiger partial charge in [-0.15, -0.1) is 0 Å². The topological polar surface area (TPSA) is 38.1 Å². The molecule has 0 unspecified atom stereocenters. The molecule has 130 valence electrons. The molecule has 0 atom stereocenters. The summed E-state index contributed by atoms with van der Waals surface area (Å²) in [6.07, 6.45) is 3.60. The molecule has 0 radical (unpaired) electrons. The molecule has 4 heteroatoms. The number of piperidine rings is 1. The maximum Gasteiger partial charge on any atom is 0.257 e. The number of carbonyl (C=O) groups is 1. The molecule has 4 nitrogen and oxygen atoms in total. The smallest absolute Gasteiger partial charge is 0.257 e. The van der Waals surface area contributed by atoms with Gasteiger partial charge in [-0.1, -0.05) is 60.7 Å². The zero-order valence-electron chi connectivity index (χ0n) is 14.6. The number of hydrogen-bond acceptors (Lipinski definition) is 2. The molecule has 3 aromatic rings.